The number of aliphatic carboxylic acids is 2. The quantitative estimate of drug-likeness (QED) is 0.107. The fourth-order valence-corrected chi connectivity index (χ4v) is 3.49. The largest absolute Gasteiger partial charge is 0.481 e. The number of nitrogens with one attached hydrogen (secondary N) is 4. The molecule has 10 N–H and O–H groups in total. The van der Waals surface area contributed by atoms with Crippen LogP contribution in [0.1, 0.15) is 58.1 Å². The van der Waals surface area contributed by atoms with E-state index in [9.17, 15) is 29.1 Å². The average molecular weight is 526 g/mol. The van der Waals surface area contributed by atoms with Crippen molar-refractivity contribution in [2.75, 3.05) is 6.54 Å². The molecule has 1 aromatic rings. The molecule has 37 heavy (non-hydrogen) atoms. The van der Waals surface area contributed by atoms with E-state index in [0.29, 0.717) is 37.9 Å². The Morgan fingerprint density at radius 1 is 1.00 bits per heavy atom. The summed E-state index contributed by atoms with van der Waals surface area (Å²) in [5, 5.41) is 25.8. The third-order valence-electron chi connectivity index (χ3n) is 5.97. The van der Waals surface area contributed by atoms with Crippen molar-refractivity contribution in [3.63, 3.8) is 0 Å². The number of amides is 3. The van der Waals surface area contributed by atoms with E-state index < -0.39 is 66.2 Å². The lowest BCUT2D eigenvalue weighted by molar-refractivity contribution is -0.143. The van der Waals surface area contributed by atoms with Gasteiger partial charge >= 0.3 is 11.9 Å². The third-order valence-corrected chi connectivity index (χ3v) is 5.97. The normalized spacial score (nSPS) is 15.0. The van der Waals surface area contributed by atoms with Crippen LogP contribution in [0.3, 0.4) is 0 Å². The topological polar surface area (TPSA) is 243 Å². The number of imidazole rings is 1. The van der Waals surface area contributed by atoms with Gasteiger partial charge in [0.15, 0.2) is 0 Å². The van der Waals surface area contributed by atoms with Gasteiger partial charge in [0.1, 0.15) is 18.1 Å². The highest BCUT2D eigenvalue weighted by Crippen LogP contribution is 2.11. The first-order chi connectivity index (χ1) is 17.5. The third kappa shape index (κ3) is 11.4. The molecule has 0 aliphatic rings. The van der Waals surface area contributed by atoms with E-state index in [2.05, 4.69) is 25.9 Å². The molecule has 14 nitrogen and oxygen atoms in total. The summed E-state index contributed by atoms with van der Waals surface area (Å²) in [6, 6.07) is -4.54. The molecular formula is C23H39N7O7. The maximum absolute atomic E-state index is 13.3. The van der Waals surface area contributed by atoms with Crippen molar-refractivity contribution in [2.24, 2.45) is 17.4 Å². The molecule has 0 fully saturated rings. The average Bonchev–Trinajstić information content (AvgIpc) is 3.36. The summed E-state index contributed by atoms with van der Waals surface area (Å²) in [5.41, 5.74) is 12.0. The van der Waals surface area contributed by atoms with Gasteiger partial charge in [0, 0.05) is 24.7 Å². The highest BCUT2D eigenvalue weighted by Gasteiger charge is 2.33. The van der Waals surface area contributed by atoms with E-state index in [1.54, 1.807) is 13.8 Å². The van der Waals surface area contributed by atoms with Crippen molar-refractivity contribution in [1.82, 2.24) is 25.9 Å². The SMILES string of the molecule is CCC(C)C(NC(=O)C(Cc1cnc[nH]1)NC(=O)C(N)CCCCN)C(=O)NC(CCC(=O)O)C(=O)O. The number of unbranched alkanes of at least 4 members (excludes halogenated alkanes) is 1. The Morgan fingerprint density at radius 2 is 1.68 bits per heavy atom. The lowest BCUT2D eigenvalue weighted by Crippen LogP contribution is -2.59. The van der Waals surface area contributed by atoms with E-state index in [4.69, 9.17) is 16.6 Å². The summed E-state index contributed by atoms with van der Waals surface area (Å²) in [6.45, 7) is 3.96. The van der Waals surface area contributed by atoms with Crippen molar-refractivity contribution < 1.29 is 34.2 Å². The number of hydrogen-bond acceptors (Lipinski definition) is 8. The molecule has 5 atom stereocenters. The Morgan fingerprint density at radius 3 is 2.22 bits per heavy atom. The van der Waals surface area contributed by atoms with Crippen molar-refractivity contribution in [1.29, 1.82) is 0 Å². The maximum atomic E-state index is 13.3. The maximum Gasteiger partial charge on any atom is 0.326 e. The number of aromatic nitrogens is 2. The highest BCUT2D eigenvalue weighted by molar-refractivity contribution is 5.94. The summed E-state index contributed by atoms with van der Waals surface area (Å²) < 4.78 is 0. The molecule has 0 radical (unpaired) electrons. The fourth-order valence-electron chi connectivity index (χ4n) is 3.49. The molecule has 0 saturated carbocycles. The second-order valence-corrected chi connectivity index (χ2v) is 8.94. The number of aromatic amines is 1. The molecule has 5 unspecified atom stereocenters. The molecule has 0 spiro atoms. The van der Waals surface area contributed by atoms with Gasteiger partial charge in [0.2, 0.25) is 17.7 Å². The van der Waals surface area contributed by atoms with E-state index in [0.717, 1.165) is 0 Å². The first-order valence-electron chi connectivity index (χ1n) is 12.3. The Labute approximate surface area is 215 Å². The van der Waals surface area contributed by atoms with Gasteiger partial charge in [-0.05, 0) is 31.7 Å². The molecule has 1 rings (SSSR count). The van der Waals surface area contributed by atoms with Crippen LogP contribution < -0.4 is 27.4 Å². The molecule has 0 saturated heterocycles. The number of nitrogens with zero attached hydrogens (tertiary/aromatic N) is 1. The molecule has 14 heteroatoms. The number of carbonyl (C=O) groups excluding carboxylic acids is 3. The zero-order valence-electron chi connectivity index (χ0n) is 21.2. The Kier molecular flexibility index (Phi) is 13.9. The van der Waals surface area contributed by atoms with E-state index in [-0.39, 0.29) is 12.8 Å². The lowest BCUT2D eigenvalue weighted by atomic mass is 9.96. The van der Waals surface area contributed by atoms with E-state index in [1.165, 1.54) is 12.5 Å². The number of carboxylic acids is 2. The number of hydrogen-bond donors (Lipinski definition) is 8. The Hall–Kier alpha value is -3.52. The van der Waals surface area contributed by atoms with E-state index >= 15 is 0 Å². The van der Waals surface area contributed by atoms with Gasteiger partial charge in [0.25, 0.3) is 0 Å². The summed E-state index contributed by atoms with van der Waals surface area (Å²) in [4.78, 5) is 68.1. The van der Waals surface area contributed by atoms with Crippen LogP contribution in [0.2, 0.25) is 0 Å². The minimum Gasteiger partial charge on any atom is -0.481 e. The van der Waals surface area contributed by atoms with Crippen LogP contribution in [0.25, 0.3) is 0 Å². The van der Waals surface area contributed by atoms with Gasteiger partial charge in [-0.1, -0.05) is 26.7 Å². The van der Waals surface area contributed by atoms with Crippen molar-refractivity contribution >= 4 is 29.7 Å². The minimum atomic E-state index is -1.45. The van der Waals surface area contributed by atoms with Gasteiger partial charge in [-0.15, -0.1) is 0 Å². The second kappa shape index (κ2) is 16.3. The molecule has 1 heterocycles. The lowest BCUT2D eigenvalue weighted by Gasteiger charge is -2.28. The highest BCUT2D eigenvalue weighted by atomic mass is 16.4. The minimum absolute atomic E-state index is 0.0400. The Balaban J connectivity index is 3.03. The van der Waals surface area contributed by atoms with Crippen molar-refractivity contribution in [3.8, 4) is 0 Å². The molecule has 0 aliphatic heterocycles. The van der Waals surface area contributed by atoms with Gasteiger partial charge < -0.3 is 42.6 Å². The van der Waals surface area contributed by atoms with Crippen LogP contribution in [-0.2, 0) is 30.4 Å². The molecular weight excluding hydrogens is 486 g/mol. The van der Waals surface area contributed by atoms with Crippen LogP contribution in [0.15, 0.2) is 12.5 Å². The first-order valence-corrected chi connectivity index (χ1v) is 12.3. The van der Waals surface area contributed by atoms with Crippen LogP contribution in [0.4, 0.5) is 0 Å². The predicted molar refractivity (Wildman–Crippen MR) is 133 cm³/mol. The van der Waals surface area contributed by atoms with Gasteiger partial charge in [-0.25, -0.2) is 9.78 Å². The zero-order valence-corrected chi connectivity index (χ0v) is 21.2. The molecule has 0 aromatic carbocycles. The summed E-state index contributed by atoms with van der Waals surface area (Å²) >= 11 is 0. The number of H-pyrrole nitrogens is 1. The number of rotatable bonds is 18. The van der Waals surface area contributed by atoms with E-state index in [1.807, 2.05) is 0 Å². The first kappa shape index (κ1) is 31.5. The van der Waals surface area contributed by atoms with Crippen LogP contribution in [0, 0.1) is 5.92 Å². The molecule has 208 valence electrons. The van der Waals surface area contributed by atoms with Gasteiger partial charge in [-0.3, -0.25) is 19.2 Å². The number of nitrogens with two attached hydrogens (primary N) is 2. The van der Waals surface area contributed by atoms with Crippen molar-refractivity contribution in [2.45, 2.75) is 83.0 Å². The molecule has 3 amide bonds. The van der Waals surface area contributed by atoms with Crippen LogP contribution in [0.5, 0.6) is 0 Å². The van der Waals surface area contributed by atoms with Crippen LogP contribution >= 0.6 is 0 Å². The summed E-state index contributed by atoms with van der Waals surface area (Å²) in [7, 11) is 0. The monoisotopic (exact) mass is 525 g/mol. The van der Waals surface area contributed by atoms with Gasteiger partial charge in [0.05, 0.1) is 12.4 Å². The predicted octanol–water partition coefficient (Wildman–Crippen LogP) is -1.14. The van der Waals surface area contributed by atoms with Crippen LogP contribution in [-0.4, -0.2) is 80.6 Å². The molecule has 0 aliphatic carbocycles. The van der Waals surface area contributed by atoms with Crippen molar-refractivity contribution in [3.05, 3.63) is 18.2 Å². The zero-order chi connectivity index (χ0) is 28.0. The second-order valence-electron chi connectivity index (χ2n) is 8.94. The molecule has 1 aromatic heterocycles. The Bertz CT molecular complexity index is 894. The molecule has 0 bridgehead atoms. The number of carboxylic acid groups (broad SMARTS) is 2. The van der Waals surface area contributed by atoms with Gasteiger partial charge in [-0.2, -0.15) is 0 Å². The fraction of sp³-hybridized carbons (Fsp3) is 0.652. The summed E-state index contributed by atoms with van der Waals surface area (Å²) in [6.07, 6.45) is 4.37. The standard InChI is InChI=1S/C23H39N7O7/c1-3-13(2)19(22(35)28-16(23(36)37)7-8-18(31)32)30-21(34)17(10-14-11-26-12-27-14)29-20(33)15(25)6-4-5-9-24/h11-13,15-17,19H,3-10,24-25H2,1-2H3,(H,26,27)(H,28,35)(H,29,33)(H,30,34)(H,31,32)(H,36,37). The summed E-state index contributed by atoms with van der Waals surface area (Å²) in [5.74, 6) is -4.98. The number of carbonyl (C=O) groups is 5. The smallest absolute Gasteiger partial charge is 0.326 e.